The fourth-order valence-electron chi connectivity index (χ4n) is 1.06. The van der Waals surface area contributed by atoms with Crippen LogP contribution in [-0.4, -0.2) is 11.8 Å². The molecule has 11 heavy (non-hydrogen) atoms. The molecule has 1 heteroatoms. The topological polar surface area (TPSA) is 12.4 Å². The Morgan fingerprint density at radius 3 is 2.27 bits per heavy atom. The molecular weight excluding hydrogens is 134 g/mol. The van der Waals surface area contributed by atoms with Crippen molar-refractivity contribution in [3.63, 3.8) is 0 Å². The van der Waals surface area contributed by atoms with Crippen LogP contribution in [0.15, 0.2) is 4.99 Å². The van der Waals surface area contributed by atoms with E-state index in [2.05, 4.69) is 32.7 Å². The third-order valence-corrected chi connectivity index (χ3v) is 1.81. The predicted molar refractivity (Wildman–Crippen MR) is 52.3 cm³/mol. The van der Waals surface area contributed by atoms with Crippen LogP contribution in [0.1, 0.15) is 47.5 Å². The van der Waals surface area contributed by atoms with E-state index in [1.807, 2.05) is 13.1 Å². The molecule has 0 radical (unpaired) electrons. The third-order valence-electron chi connectivity index (χ3n) is 1.81. The standard InChI is InChI=1S/C10H21N/c1-6-11-10(4,5)8-7-9(2)3/h6,9H,7-8H2,1-5H3. The molecule has 0 bridgehead atoms. The average Bonchev–Trinajstić information content (AvgIpc) is 1.84. The van der Waals surface area contributed by atoms with Gasteiger partial charge >= 0.3 is 0 Å². The molecule has 0 aliphatic heterocycles. The Morgan fingerprint density at radius 2 is 1.91 bits per heavy atom. The summed E-state index contributed by atoms with van der Waals surface area (Å²) in [5.74, 6) is 0.793. The minimum atomic E-state index is 0.152. The highest BCUT2D eigenvalue weighted by atomic mass is 14.8. The Labute approximate surface area is 70.9 Å². The summed E-state index contributed by atoms with van der Waals surface area (Å²) in [6.45, 7) is 10.9. The van der Waals surface area contributed by atoms with Crippen molar-refractivity contribution < 1.29 is 0 Å². The second-order valence-electron chi connectivity index (χ2n) is 4.13. The van der Waals surface area contributed by atoms with E-state index >= 15 is 0 Å². The lowest BCUT2D eigenvalue weighted by Gasteiger charge is -2.20. The fraction of sp³-hybridized carbons (Fsp3) is 0.900. The van der Waals surface area contributed by atoms with Crippen molar-refractivity contribution in [3.05, 3.63) is 0 Å². The molecule has 0 aliphatic rings. The highest BCUT2D eigenvalue weighted by Crippen LogP contribution is 2.19. The molecule has 0 aromatic heterocycles. The lowest BCUT2D eigenvalue weighted by atomic mass is 9.95. The minimum Gasteiger partial charge on any atom is -0.292 e. The highest BCUT2D eigenvalue weighted by Gasteiger charge is 2.14. The lowest BCUT2D eigenvalue weighted by molar-refractivity contribution is 0.418. The number of aliphatic imine (C=N–C) groups is 1. The molecule has 0 N–H and O–H groups in total. The quantitative estimate of drug-likeness (QED) is 0.552. The second-order valence-corrected chi connectivity index (χ2v) is 4.13. The highest BCUT2D eigenvalue weighted by molar-refractivity contribution is 5.53. The molecule has 0 atom stereocenters. The van der Waals surface area contributed by atoms with Crippen molar-refractivity contribution >= 4 is 6.21 Å². The Balaban J connectivity index is 3.72. The summed E-state index contributed by atoms with van der Waals surface area (Å²) in [6, 6.07) is 0. The second kappa shape index (κ2) is 4.53. The largest absolute Gasteiger partial charge is 0.292 e. The van der Waals surface area contributed by atoms with E-state index in [-0.39, 0.29) is 5.54 Å². The summed E-state index contributed by atoms with van der Waals surface area (Å²) in [5.41, 5.74) is 0.152. The van der Waals surface area contributed by atoms with Crippen LogP contribution in [0.4, 0.5) is 0 Å². The van der Waals surface area contributed by atoms with Gasteiger partial charge in [0.25, 0.3) is 0 Å². The van der Waals surface area contributed by atoms with E-state index in [4.69, 9.17) is 0 Å². The van der Waals surface area contributed by atoms with Crippen molar-refractivity contribution in [1.29, 1.82) is 0 Å². The fourth-order valence-corrected chi connectivity index (χ4v) is 1.06. The zero-order valence-corrected chi connectivity index (χ0v) is 8.52. The Bertz CT molecular complexity index is 123. The lowest BCUT2D eigenvalue weighted by Crippen LogP contribution is -2.17. The van der Waals surface area contributed by atoms with Gasteiger partial charge < -0.3 is 0 Å². The Hall–Kier alpha value is -0.330. The molecule has 0 unspecified atom stereocenters. The smallest absolute Gasteiger partial charge is 0.0548 e. The van der Waals surface area contributed by atoms with Gasteiger partial charge in [0.05, 0.1) is 5.54 Å². The van der Waals surface area contributed by atoms with Gasteiger partial charge in [-0.15, -0.1) is 0 Å². The molecule has 0 fully saturated rings. The van der Waals surface area contributed by atoms with Crippen LogP contribution in [0, 0.1) is 5.92 Å². The van der Waals surface area contributed by atoms with Gasteiger partial charge in [-0.05, 0) is 45.7 Å². The molecular formula is C10H21N. The van der Waals surface area contributed by atoms with Crippen LogP contribution < -0.4 is 0 Å². The van der Waals surface area contributed by atoms with Crippen molar-refractivity contribution in [1.82, 2.24) is 0 Å². The SMILES string of the molecule is CC=NC(C)(C)CCC(C)C. The number of hydrogen-bond acceptors (Lipinski definition) is 1. The van der Waals surface area contributed by atoms with E-state index in [1.54, 1.807) is 0 Å². The molecule has 0 amide bonds. The van der Waals surface area contributed by atoms with Gasteiger partial charge in [-0.3, -0.25) is 4.99 Å². The zero-order valence-electron chi connectivity index (χ0n) is 8.52. The molecule has 66 valence electrons. The maximum absolute atomic E-state index is 4.40. The molecule has 0 rings (SSSR count). The summed E-state index contributed by atoms with van der Waals surface area (Å²) < 4.78 is 0. The van der Waals surface area contributed by atoms with E-state index < -0.39 is 0 Å². The summed E-state index contributed by atoms with van der Waals surface area (Å²) in [5, 5.41) is 0. The first-order valence-electron chi connectivity index (χ1n) is 4.48. The van der Waals surface area contributed by atoms with Gasteiger partial charge in [0.15, 0.2) is 0 Å². The van der Waals surface area contributed by atoms with Gasteiger partial charge in [0.1, 0.15) is 0 Å². The average molecular weight is 155 g/mol. The van der Waals surface area contributed by atoms with Crippen LogP contribution in [0.5, 0.6) is 0 Å². The molecule has 0 saturated carbocycles. The summed E-state index contributed by atoms with van der Waals surface area (Å²) >= 11 is 0. The van der Waals surface area contributed by atoms with Crippen LogP contribution in [0.25, 0.3) is 0 Å². The molecule has 0 aliphatic carbocycles. The van der Waals surface area contributed by atoms with Crippen LogP contribution >= 0.6 is 0 Å². The minimum absolute atomic E-state index is 0.152. The first kappa shape index (κ1) is 10.7. The third kappa shape index (κ3) is 6.08. The van der Waals surface area contributed by atoms with Gasteiger partial charge in [-0.25, -0.2) is 0 Å². The van der Waals surface area contributed by atoms with Crippen LogP contribution in [0.2, 0.25) is 0 Å². The molecule has 0 aromatic rings. The molecule has 0 heterocycles. The first-order valence-corrected chi connectivity index (χ1v) is 4.48. The number of rotatable bonds is 4. The number of hydrogen-bond donors (Lipinski definition) is 0. The van der Waals surface area contributed by atoms with Crippen molar-refractivity contribution in [3.8, 4) is 0 Å². The van der Waals surface area contributed by atoms with Gasteiger partial charge in [-0.2, -0.15) is 0 Å². The monoisotopic (exact) mass is 155 g/mol. The first-order chi connectivity index (χ1) is 4.98. The summed E-state index contributed by atoms with van der Waals surface area (Å²) in [7, 11) is 0. The Kier molecular flexibility index (Phi) is 4.39. The Morgan fingerprint density at radius 1 is 1.36 bits per heavy atom. The zero-order chi connectivity index (χ0) is 8.91. The molecule has 0 saturated heterocycles. The van der Waals surface area contributed by atoms with Gasteiger partial charge in [-0.1, -0.05) is 13.8 Å². The molecule has 1 nitrogen and oxygen atoms in total. The molecule has 0 aromatic carbocycles. The maximum atomic E-state index is 4.40. The van der Waals surface area contributed by atoms with E-state index in [0.29, 0.717) is 0 Å². The van der Waals surface area contributed by atoms with Gasteiger partial charge in [0.2, 0.25) is 0 Å². The van der Waals surface area contributed by atoms with Crippen molar-refractivity contribution in [2.45, 2.75) is 53.0 Å². The number of nitrogens with zero attached hydrogens (tertiary/aromatic N) is 1. The van der Waals surface area contributed by atoms with Crippen LogP contribution in [0.3, 0.4) is 0 Å². The van der Waals surface area contributed by atoms with Crippen molar-refractivity contribution in [2.75, 3.05) is 0 Å². The maximum Gasteiger partial charge on any atom is 0.0548 e. The van der Waals surface area contributed by atoms with E-state index in [9.17, 15) is 0 Å². The van der Waals surface area contributed by atoms with Crippen molar-refractivity contribution in [2.24, 2.45) is 10.9 Å². The van der Waals surface area contributed by atoms with E-state index in [1.165, 1.54) is 12.8 Å². The van der Waals surface area contributed by atoms with E-state index in [0.717, 1.165) is 5.92 Å². The summed E-state index contributed by atoms with van der Waals surface area (Å²) in [4.78, 5) is 4.40. The normalized spacial score (nSPS) is 13.3. The summed E-state index contributed by atoms with van der Waals surface area (Å²) in [6.07, 6.45) is 4.36. The van der Waals surface area contributed by atoms with Crippen LogP contribution in [-0.2, 0) is 0 Å². The molecule has 0 spiro atoms. The van der Waals surface area contributed by atoms with Gasteiger partial charge in [0, 0.05) is 0 Å². The predicted octanol–water partition coefficient (Wildman–Crippen LogP) is 3.29.